The number of esters is 1. The molecule has 2 fully saturated rings. The molecule has 2 heterocycles. The fourth-order valence-corrected chi connectivity index (χ4v) is 4.22. The van der Waals surface area contributed by atoms with E-state index >= 15 is 0 Å². The molecule has 0 bridgehead atoms. The lowest BCUT2D eigenvalue weighted by atomic mass is 9.96. The zero-order chi connectivity index (χ0) is 23.8. The van der Waals surface area contributed by atoms with E-state index in [4.69, 9.17) is 52.1 Å². The van der Waals surface area contributed by atoms with E-state index in [1.54, 1.807) is 14.2 Å². The average Bonchev–Trinajstić information content (AvgIpc) is 2.82. The quantitative estimate of drug-likeness (QED) is 0.359. The normalized spacial score (nSPS) is 40.2. The standard InChI is InChI=1S/C20H36O12/c1-22-9-10-11(23-2)12(24-3)17(19(29-8)30-10)32-20-16(27-6)14(26-5)13(25-4)15(31-20)18(21)28-7/h10-17,19-20H,9H2,1-8H3. The molecular formula is C20H36O12. The largest absolute Gasteiger partial charge is 0.467 e. The lowest BCUT2D eigenvalue weighted by molar-refractivity contribution is -0.368. The highest BCUT2D eigenvalue weighted by Crippen LogP contribution is 2.34. The smallest absolute Gasteiger partial charge is 0.337 e. The van der Waals surface area contributed by atoms with Crippen molar-refractivity contribution >= 4 is 5.97 Å². The Bertz CT molecular complexity index is 563. The molecule has 0 aliphatic carbocycles. The second-order valence-corrected chi connectivity index (χ2v) is 7.28. The fourth-order valence-electron chi connectivity index (χ4n) is 4.22. The molecule has 0 aromatic heterocycles. The van der Waals surface area contributed by atoms with Gasteiger partial charge < -0.3 is 52.1 Å². The first-order valence-corrected chi connectivity index (χ1v) is 10.2. The van der Waals surface area contributed by atoms with Crippen LogP contribution in [0.3, 0.4) is 0 Å². The molecule has 0 saturated carbocycles. The number of carbonyl (C=O) groups is 1. The van der Waals surface area contributed by atoms with Gasteiger partial charge in [0.15, 0.2) is 18.7 Å². The molecule has 2 rings (SSSR count). The Balaban J connectivity index is 2.35. The molecule has 32 heavy (non-hydrogen) atoms. The lowest BCUT2D eigenvalue weighted by Gasteiger charge is -2.48. The Kier molecular flexibility index (Phi) is 11.2. The van der Waals surface area contributed by atoms with Crippen LogP contribution in [-0.2, 0) is 56.9 Å². The predicted molar refractivity (Wildman–Crippen MR) is 107 cm³/mol. The van der Waals surface area contributed by atoms with Crippen LogP contribution in [0, 0.1) is 0 Å². The van der Waals surface area contributed by atoms with Gasteiger partial charge in [-0.15, -0.1) is 0 Å². The van der Waals surface area contributed by atoms with Gasteiger partial charge in [0.1, 0.15) is 42.7 Å². The monoisotopic (exact) mass is 468 g/mol. The molecule has 188 valence electrons. The summed E-state index contributed by atoms with van der Waals surface area (Å²) in [6.07, 6.45) is -7.66. The van der Waals surface area contributed by atoms with Crippen LogP contribution in [0.15, 0.2) is 0 Å². The maximum absolute atomic E-state index is 12.4. The Morgan fingerprint density at radius 1 is 0.625 bits per heavy atom. The van der Waals surface area contributed by atoms with Crippen LogP contribution in [0.4, 0.5) is 0 Å². The van der Waals surface area contributed by atoms with Gasteiger partial charge in [-0.2, -0.15) is 0 Å². The van der Waals surface area contributed by atoms with E-state index < -0.39 is 67.4 Å². The summed E-state index contributed by atoms with van der Waals surface area (Å²) in [5, 5.41) is 0. The number of ether oxygens (including phenoxy) is 11. The summed E-state index contributed by atoms with van der Waals surface area (Å²) in [4.78, 5) is 12.4. The zero-order valence-electron chi connectivity index (χ0n) is 19.9. The summed E-state index contributed by atoms with van der Waals surface area (Å²) in [5.41, 5.74) is 0. The van der Waals surface area contributed by atoms with E-state index in [0.29, 0.717) is 0 Å². The van der Waals surface area contributed by atoms with E-state index in [0.717, 1.165) is 0 Å². The van der Waals surface area contributed by atoms with Gasteiger partial charge >= 0.3 is 5.97 Å². The van der Waals surface area contributed by atoms with Crippen molar-refractivity contribution < 1.29 is 56.9 Å². The van der Waals surface area contributed by atoms with Gasteiger partial charge in [0.05, 0.1) is 13.7 Å². The predicted octanol–water partition coefficient (Wildman–Crippen LogP) is -0.638. The Morgan fingerprint density at radius 3 is 1.66 bits per heavy atom. The van der Waals surface area contributed by atoms with Crippen molar-refractivity contribution in [3.8, 4) is 0 Å². The number of carbonyl (C=O) groups excluding carboxylic acids is 1. The Hall–Kier alpha value is -0.930. The molecule has 12 nitrogen and oxygen atoms in total. The van der Waals surface area contributed by atoms with Crippen molar-refractivity contribution in [2.24, 2.45) is 0 Å². The molecule has 0 amide bonds. The summed E-state index contributed by atoms with van der Waals surface area (Å²) < 4.78 is 61.9. The third-order valence-corrected chi connectivity index (χ3v) is 5.73. The minimum atomic E-state index is -1.11. The Morgan fingerprint density at radius 2 is 1.19 bits per heavy atom. The first kappa shape index (κ1) is 27.3. The van der Waals surface area contributed by atoms with Crippen LogP contribution < -0.4 is 0 Å². The van der Waals surface area contributed by atoms with Crippen LogP contribution in [-0.4, -0.2) is 131 Å². The van der Waals surface area contributed by atoms with Crippen molar-refractivity contribution in [2.45, 2.75) is 61.4 Å². The first-order chi connectivity index (χ1) is 15.4. The van der Waals surface area contributed by atoms with Crippen molar-refractivity contribution in [3.63, 3.8) is 0 Å². The molecule has 2 aliphatic heterocycles. The maximum Gasteiger partial charge on any atom is 0.337 e. The van der Waals surface area contributed by atoms with E-state index in [1.807, 2.05) is 0 Å². The molecule has 2 saturated heterocycles. The molecule has 12 heteroatoms. The Labute approximate surface area is 188 Å². The van der Waals surface area contributed by atoms with Crippen LogP contribution in [0.25, 0.3) is 0 Å². The molecule has 0 aromatic rings. The molecule has 0 radical (unpaired) electrons. The maximum atomic E-state index is 12.4. The van der Waals surface area contributed by atoms with E-state index in [9.17, 15) is 4.79 Å². The molecule has 0 N–H and O–H groups in total. The van der Waals surface area contributed by atoms with Gasteiger partial charge in [-0.25, -0.2) is 4.79 Å². The SMILES string of the molecule is COCC1OC(OC)C(OC2OC(C(=O)OC)C(OC)C(OC)C2OC)C(OC)C1OC. The van der Waals surface area contributed by atoms with Crippen LogP contribution >= 0.6 is 0 Å². The number of hydrogen-bond acceptors (Lipinski definition) is 12. The summed E-state index contributed by atoms with van der Waals surface area (Å²) in [6.45, 7) is 0.261. The fraction of sp³-hybridized carbons (Fsp3) is 0.950. The highest BCUT2D eigenvalue weighted by molar-refractivity contribution is 5.75. The van der Waals surface area contributed by atoms with Crippen LogP contribution in [0.2, 0.25) is 0 Å². The topological polar surface area (TPSA) is 119 Å². The summed E-state index contributed by atoms with van der Waals surface area (Å²) in [7, 11) is 11.8. The molecule has 10 atom stereocenters. The average molecular weight is 468 g/mol. The van der Waals surface area contributed by atoms with E-state index in [1.165, 1.54) is 42.7 Å². The highest BCUT2D eigenvalue weighted by atomic mass is 16.8. The summed E-state index contributed by atoms with van der Waals surface area (Å²) >= 11 is 0. The van der Waals surface area contributed by atoms with Crippen molar-refractivity contribution in [1.82, 2.24) is 0 Å². The third kappa shape index (κ3) is 5.58. The van der Waals surface area contributed by atoms with Crippen LogP contribution in [0.5, 0.6) is 0 Å². The van der Waals surface area contributed by atoms with Gasteiger partial charge in [0.2, 0.25) is 0 Å². The van der Waals surface area contributed by atoms with Gasteiger partial charge in [0, 0.05) is 49.8 Å². The second-order valence-electron chi connectivity index (χ2n) is 7.28. The van der Waals surface area contributed by atoms with Gasteiger partial charge in [-0.05, 0) is 0 Å². The number of rotatable bonds is 11. The minimum absolute atomic E-state index is 0.261. The highest BCUT2D eigenvalue weighted by Gasteiger charge is 2.54. The molecule has 10 unspecified atom stereocenters. The zero-order valence-corrected chi connectivity index (χ0v) is 19.9. The van der Waals surface area contributed by atoms with Crippen LogP contribution in [0.1, 0.15) is 0 Å². The molecule has 0 spiro atoms. The van der Waals surface area contributed by atoms with E-state index in [-0.39, 0.29) is 6.61 Å². The third-order valence-electron chi connectivity index (χ3n) is 5.73. The second kappa shape index (κ2) is 13.1. The van der Waals surface area contributed by atoms with Crippen molar-refractivity contribution in [1.29, 1.82) is 0 Å². The lowest BCUT2D eigenvalue weighted by Crippen LogP contribution is -2.66. The van der Waals surface area contributed by atoms with Crippen molar-refractivity contribution in [2.75, 3.05) is 63.5 Å². The molecular weight excluding hydrogens is 432 g/mol. The van der Waals surface area contributed by atoms with Gasteiger partial charge in [-0.1, -0.05) is 0 Å². The van der Waals surface area contributed by atoms with E-state index in [2.05, 4.69) is 0 Å². The first-order valence-electron chi connectivity index (χ1n) is 10.2. The molecule has 2 aliphatic rings. The number of methoxy groups -OCH3 is 8. The summed E-state index contributed by atoms with van der Waals surface area (Å²) in [6, 6.07) is 0. The van der Waals surface area contributed by atoms with Crippen molar-refractivity contribution in [3.05, 3.63) is 0 Å². The number of hydrogen-bond donors (Lipinski definition) is 0. The molecule has 0 aromatic carbocycles. The minimum Gasteiger partial charge on any atom is -0.467 e. The van der Waals surface area contributed by atoms with Gasteiger partial charge in [0.25, 0.3) is 0 Å². The summed E-state index contributed by atoms with van der Waals surface area (Å²) in [5.74, 6) is -0.636. The van der Waals surface area contributed by atoms with Gasteiger partial charge in [-0.3, -0.25) is 0 Å².